The number of alkyl halides is 2. The van der Waals surface area contributed by atoms with Gasteiger partial charge < -0.3 is 19.5 Å². The number of nitrogens with zero attached hydrogens (tertiary/aromatic N) is 2. The predicted molar refractivity (Wildman–Crippen MR) is 123 cm³/mol. The van der Waals surface area contributed by atoms with Crippen molar-refractivity contribution in [1.29, 1.82) is 0 Å². The highest BCUT2D eigenvalue weighted by molar-refractivity contribution is 5.91. The molecule has 1 heterocycles. The molecule has 0 aliphatic heterocycles. The van der Waals surface area contributed by atoms with Crippen LogP contribution in [-0.4, -0.2) is 37.4 Å². The Morgan fingerprint density at radius 3 is 2.50 bits per heavy atom. The molecule has 0 amide bonds. The van der Waals surface area contributed by atoms with E-state index in [9.17, 15) is 13.2 Å². The summed E-state index contributed by atoms with van der Waals surface area (Å²) in [4.78, 5) is 8.93. The zero-order chi connectivity index (χ0) is 24.5. The molecule has 0 radical (unpaired) electrons. The fraction of sp³-hybridized carbons (Fsp3) is 0.440. The lowest BCUT2D eigenvalue weighted by atomic mass is 10.0. The summed E-state index contributed by atoms with van der Waals surface area (Å²) in [6, 6.07) is 7.53. The smallest absolute Gasteiger partial charge is 0.273 e. The molecule has 4 rings (SSSR count). The quantitative estimate of drug-likeness (QED) is 0.411. The highest BCUT2D eigenvalue weighted by Gasteiger charge is 2.43. The van der Waals surface area contributed by atoms with Gasteiger partial charge >= 0.3 is 0 Å². The highest BCUT2D eigenvalue weighted by Crippen LogP contribution is 2.47. The van der Waals surface area contributed by atoms with E-state index in [2.05, 4.69) is 15.3 Å². The molecule has 182 valence electrons. The first-order chi connectivity index (χ1) is 16.2. The number of rotatable bonds is 10. The topological polar surface area (TPSA) is 65.5 Å². The number of aromatic nitrogens is 2. The first-order valence-corrected chi connectivity index (χ1v) is 11.0. The summed E-state index contributed by atoms with van der Waals surface area (Å²) < 4.78 is 59.1. The summed E-state index contributed by atoms with van der Waals surface area (Å²) in [6.07, 6.45) is 2.07. The van der Waals surface area contributed by atoms with Gasteiger partial charge in [-0.15, -0.1) is 0 Å². The highest BCUT2D eigenvalue weighted by atomic mass is 19.3. The molecule has 1 aromatic heterocycles. The summed E-state index contributed by atoms with van der Waals surface area (Å²) in [5.74, 6) is -2.20. The zero-order valence-electron chi connectivity index (χ0n) is 19.7. The molecule has 6 nitrogen and oxygen atoms in total. The van der Waals surface area contributed by atoms with Crippen LogP contribution in [0.25, 0.3) is 10.9 Å². The van der Waals surface area contributed by atoms with Crippen LogP contribution in [0, 0.1) is 18.2 Å². The van der Waals surface area contributed by atoms with Gasteiger partial charge in [0, 0.05) is 43.0 Å². The fourth-order valence-electron chi connectivity index (χ4n) is 3.94. The Hall–Kier alpha value is -3.07. The van der Waals surface area contributed by atoms with Crippen LogP contribution in [0.5, 0.6) is 11.5 Å². The van der Waals surface area contributed by atoms with Gasteiger partial charge in [0.25, 0.3) is 5.92 Å². The number of methoxy groups -OCH3 is 2. The van der Waals surface area contributed by atoms with E-state index >= 15 is 0 Å². The number of nitrogens with one attached hydrogen (secondary N) is 1. The Morgan fingerprint density at radius 2 is 1.85 bits per heavy atom. The predicted octanol–water partition coefficient (Wildman–Crippen LogP) is 5.62. The van der Waals surface area contributed by atoms with Crippen molar-refractivity contribution in [2.75, 3.05) is 32.8 Å². The molecule has 9 heteroatoms. The third-order valence-corrected chi connectivity index (χ3v) is 6.03. The number of anilines is 1. The lowest BCUT2D eigenvalue weighted by Crippen LogP contribution is -2.18. The molecule has 1 aliphatic rings. The maximum atomic E-state index is 14.7. The van der Waals surface area contributed by atoms with Gasteiger partial charge in [-0.25, -0.2) is 23.1 Å². The number of halogens is 3. The van der Waals surface area contributed by atoms with Crippen molar-refractivity contribution in [2.24, 2.45) is 5.41 Å². The molecule has 1 N–H and O–H groups in total. The molecule has 0 unspecified atom stereocenters. The molecule has 1 fully saturated rings. The maximum Gasteiger partial charge on any atom is 0.273 e. The second-order valence-corrected chi connectivity index (χ2v) is 8.88. The summed E-state index contributed by atoms with van der Waals surface area (Å²) >= 11 is 0. The van der Waals surface area contributed by atoms with Gasteiger partial charge in [0.15, 0.2) is 11.5 Å². The average molecular weight is 476 g/mol. The maximum absolute atomic E-state index is 14.7. The fourth-order valence-corrected chi connectivity index (χ4v) is 3.94. The molecule has 1 aliphatic carbocycles. The molecular formula is C25H28F3N3O3. The monoisotopic (exact) mass is 475 g/mol. The van der Waals surface area contributed by atoms with Gasteiger partial charge in [0.2, 0.25) is 0 Å². The number of ether oxygens (including phenoxy) is 3. The van der Waals surface area contributed by atoms with E-state index in [1.807, 2.05) is 0 Å². The SMILES string of the molecule is COCC1(COc2cc3c(NCc4cccc(C(C)(F)F)c4F)nc(C)nc3cc2OC)CC1. The van der Waals surface area contributed by atoms with Gasteiger partial charge in [-0.2, -0.15) is 0 Å². The summed E-state index contributed by atoms with van der Waals surface area (Å²) in [7, 11) is 3.23. The van der Waals surface area contributed by atoms with Crippen molar-refractivity contribution < 1.29 is 27.4 Å². The molecular weight excluding hydrogens is 447 g/mol. The third kappa shape index (κ3) is 5.04. The zero-order valence-corrected chi connectivity index (χ0v) is 19.7. The molecule has 1 saturated carbocycles. The van der Waals surface area contributed by atoms with Crippen LogP contribution < -0.4 is 14.8 Å². The van der Waals surface area contributed by atoms with Crippen LogP contribution in [0.4, 0.5) is 19.0 Å². The normalized spacial score (nSPS) is 14.8. The minimum atomic E-state index is -3.27. The minimum absolute atomic E-state index is 0.0173. The van der Waals surface area contributed by atoms with E-state index < -0.39 is 17.3 Å². The Balaban J connectivity index is 1.64. The molecule has 2 aromatic carbocycles. The van der Waals surface area contributed by atoms with E-state index in [1.54, 1.807) is 33.3 Å². The Bertz CT molecular complexity index is 1190. The van der Waals surface area contributed by atoms with Crippen LogP contribution in [0.2, 0.25) is 0 Å². The number of hydrogen-bond donors (Lipinski definition) is 1. The van der Waals surface area contributed by atoms with Crippen molar-refractivity contribution in [1.82, 2.24) is 9.97 Å². The molecule has 0 saturated heterocycles. The van der Waals surface area contributed by atoms with Crippen molar-refractivity contribution in [2.45, 2.75) is 39.2 Å². The van der Waals surface area contributed by atoms with Crippen molar-refractivity contribution >= 4 is 16.7 Å². The third-order valence-electron chi connectivity index (χ3n) is 6.03. The van der Waals surface area contributed by atoms with Crippen LogP contribution in [-0.2, 0) is 17.2 Å². The molecule has 0 spiro atoms. The van der Waals surface area contributed by atoms with Crippen LogP contribution >= 0.6 is 0 Å². The average Bonchev–Trinajstić information content (AvgIpc) is 3.55. The van der Waals surface area contributed by atoms with Crippen LogP contribution in [0.3, 0.4) is 0 Å². The van der Waals surface area contributed by atoms with Crippen LogP contribution in [0.15, 0.2) is 30.3 Å². The standard InChI is InChI=1S/C25H28F3N3O3/c1-15-30-19-11-20(33-4)21(34-14-25(8-9-25)13-32-3)10-17(19)23(31-15)29-12-16-6-5-7-18(22(16)26)24(2,27)28/h5-7,10-11H,8-9,12-14H2,1-4H3,(H,29,30,31). The second-order valence-electron chi connectivity index (χ2n) is 8.88. The molecule has 0 bridgehead atoms. The van der Waals surface area contributed by atoms with E-state index in [-0.39, 0.29) is 17.5 Å². The van der Waals surface area contributed by atoms with Gasteiger partial charge in [0.05, 0.1) is 31.4 Å². The lowest BCUT2D eigenvalue weighted by Gasteiger charge is -2.18. The Labute approximate surface area is 196 Å². The number of benzene rings is 2. The molecule has 0 atom stereocenters. The van der Waals surface area contributed by atoms with Crippen molar-refractivity contribution in [3.63, 3.8) is 0 Å². The summed E-state index contributed by atoms with van der Waals surface area (Å²) in [5.41, 5.74) is 0.111. The first-order valence-electron chi connectivity index (χ1n) is 11.0. The van der Waals surface area contributed by atoms with Crippen molar-refractivity contribution in [3.05, 3.63) is 53.1 Å². The molecule has 3 aromatic rings. The number of hydrogen-bond acceptors (Lipinski definition) is 6. The number of aryl methyl sites for hydroxylation is 1. The van der Waals surface area contributed by atoms with Gasteiger partial charge in [-0.1, -0.05) is 18.2 Å². The van der Waals surface area contributed by atoms with E-state index in [0.29, 0.717) is 54.2 Å². The summed E-state index contributed by atoms with van der Waals surface area (Å²) in [5, 5.41) is 3.73. The number of fused-ring (bicyclic) bond motifs is 1. The van der Waals surface area contributed by atoms with Gasteiger partial charge in [-0.3, -0.25) is 0 Å². The van der Waals surface area contributed by atoms with Crippen molar-refractivity contribution in [3.8, 4) is 11.5 Å². The Kier molecular flexibility index (Phi) is 6.58. The minimum Gasteiger partial charge on any atom is -0.493 e. The van der Waals surface area contributed by atoms with Crippen LogP contribution in [0.1, 0.15) is 36.7 Å². The Morgan fingerprint density at radius 1 is 1.09 bits per heavy atom. The lowest BCUT2D eigenvalue weighted by molar-refractivity contribution is 0.0136. The van der Waals surface area contributed by atoms with E-state index in [0.717, 1.165) is 18.9 Å². The first kappa shape index (κ1) is 24.1. The van der Waals surface area contributed by atoms with E-state index in [4.69, 9.17) is 14.2 Å². The van der Waals surface area contributed by atoms with Gasteiger partial charge in [0.1, 0.15) is 17.5 Å². The summed E-state index contributed by atoms with van der Waals surface area (Å²) in [6.45, 7) is 3.50. The van der Waals surface area contributed by atoms with Gasteiger partial charge in [-0.05, 0) is 25.8 Å². The van der Waals surface area contributed by atoms with E-state index in [1.165, 1.54) is 12.1 Å². The molecule has 34 heavy (non-hydrogen) atoms. The largest absolute Gasteiger partial charge is 0.493 e. The second kappa shape index (κ2) is 9.29.